The van der Waals surface area contributed by atoms with Gasteiger partial charge in [0.1, 0.15) is 0 Å². The van der Waals surface area contributed by atoms with Crippen LogP contribution in [0.3, 0.4) is 0 Å². The molecule has 2 heterocycles. The summed E-state index contributed by atoms with van der Waals surface area (Å²) in [4.78, 5) is 11.7. The summed E-state index contributed by atoms with van der Waals surface area (Å²) in [5, 5.41) is 2.37. The number of carbonyl (C=O) groups excluding carboxylic acids is 1. The zero-order valence-electron chi connectivity index (χ0n) is 10.7. The van der Waals surface area contributed by atoms with Gasteiger partial charge < -0.3 is 10.1 Å². The highest BCUT2D eigenvalue weighted by molar-refractivity contribution is 5.96. The van der Waals surface area contributed by atoms with Gasteiger partial charge >= 0.3 is 6.18 Å². The van der Waals surface area contributed by atoms with E-state index in [1.165, 1.54) is 6.07 Å². The fourth-order valence-corrected chi connectivity index (χ4v) is 3.01. The number of rotatable bonds is 1. The van der Waals surface area contributed by atoms with Crippen LogP contribution in [-0.4, -0.2) is 18.6 Å². The molecular formula is C14H14F3NO2. The lowest BCUT2D eigenvalue weighted by molar-refractivity contribution is -0.137. The Morgan fingerprint density at radius 2 is 2.10 bits per heavy atom. The van der Waals surface area contributed by atoms with Crippen molar-refractivity contribution in [3.8, 4) is 0 Å². The van der Waals surface area contributed by atoms with Crippen molar-refractivity contribution >= 4 is 11.6 Å². The van der Waals surface area contributed by atoms with Crippen LogP contribution in [0.25, 0.3) is 0 Å². The van der Waals surface area contributed by atoms with Gasteiger partial charge in [-0.3, -0.25) is 4.79 Å². The molecule has 2 aliphatic rings. The highest BCUT2D eigenvalue weighted by Crippen LogP contribution is 2.44. The minimum atomic E-state index is -4.48. The summed E-state index contributed by atoms with van der Waals surface area (Å²) >= 11 is 0. The molecule has 108 valence electrons. The molecule has 0 radical (unpaired) electrons. The number of anilines is 1. The first kappa shape index (κ1) is 13.4. The van der Waals surface area contributed by atoms with Gasteiger partial charge in [-0.2, -0.15) is 13.2 Å². The van der Waals surface area contributed by atoms with Gasteiger partial charge in [0.05, 0.1) is 17.4 Å². The van der Waals surface area contributed by atoms with E-state index in [2.05, 4.69) is 5.32 Å². The molecule has 1 fully saturated rings. The van der Waals surface area contributed by atoms with Gasteiger partial charge in [-0.15, -0.1) is 0 Å². The maximum Gasteiger partial charge on any atom is 0.418 e. The van der Waals surface area contributed by atoms with Gasteiger partial charge in [-0.1, -0.05) is 12.1 Å². The number of halogens is 3. The van der Waals surface area contributed by atoms with Gasteiger partial charge in [-0.25, -0.2) is 0 Å². The third kappa shape index (κ3) is 2.28. The Hall–Kier alpha value is -1.56. The van der Waals surface area contributed by atoms with Gasteiger partial charge in [0, 0.05) is 18.9 Å². The first-order valence-electron chi connectivity index (χ1n) is 6.58. The monoisotopic (exact) mass is 285 g/mol. The predicted octanol–water partition coefficient (Wildman–Crippen LogP) is 3.31. The molecule has 3 rings (SSSR count). The minimum absolute atomic E-state index is 0.100. The van der Waals surface area contributed by atoms with Crippen LogP contribution in [-0.2, 0) is 15.7 Å². The van der Waals surface area contributed by atoms with Crippen LogP contribution in [0.1, 0.15) is 36.3 Å². The van der Waals surface area contributed by atoms with Gasteiger partial charge in [0.15, 0.2) is 0 Å². The molecule has 1 saturated heterocycles. The molecule has 2 unspecified atom stereocenters. The molecule has 2 aliphatic heterocycles. The smallest absolute Gasteiger partial charge is 0.378 e. The lowest BCUT2D eigenvalue weighted by atomic mass is 9.83. The zero-order chi connectivity index (χ0) is 14.3. The lowest BCUT2D eigenvalue weighted by Crippen LogP contribution is -2.31. The third-order valence-corrected chi connectivity index (χ3v) is 3.88. The predicted molar refractivity (Wildman–Crippen MR) is 66.4 cm³/mol. The summed E-state index contributed by atoms with van der Waals surface area (Å²) in [6, 6.07) is 4.04. The van der Waals surface area contributed by atoms with E-state index in [0.717, 1.165) is 18.9 Å². The second kappa shape index (κ2) is 4.77. The van der Waals surface area contributed by atoms with Gasteiger partial charge in [0.25, 0.3) is 0 Å². The van der Waals surface area contributed by atoms with Crippen LogP contribution in [0, 0.1) is 0 Å². The Morgan fingerprint density at radius 3 is 2.75 bits per heavy atom. The number of hydrogen-bond donors (Lipinski definition) is 1. The Labute approximate surface area is 114 Å². The van der Waals surface area contributed by atoms with Crippen LogP contribution in [0.15, 0.2) is 18.2 Å². The maximum atomic E-state index is 13.0. The standard InChI is InChI=1S/C14H14F3NO2/c15-14(16,17)10-4-1-3-8-9(11-5-2-6-20-11)7-12(19)18-13(8)10/h1,3-4,9,11H,2,5-7H2,(H,18,19). The van der Waals surface area contributed by atoms with Crippen LogP contribution in [0.5, 0.6) is 0 Å². The highest BCUT2D eigenvalue weighted by Gasteiger charge is 2.40. The lowest BCUT2D eigenvalue weighted by Gasteiger charge is -2.31. The van der Waals surface area contributed by atoms with Gasteiger partial charge in [0.2, 0.25) is 5.91 Å². The number of carbonyl (C=O) groups is 1. The van der Waals surface area contributed by atoms with E-state index in [1.54, 1.807) is 6.07 Å². The fraction of sp³-hybridized carbons (Fsp3) is 0.500. The Bertz CT molecular complexity index is 536. The zero-order valence-corrected chi connectivity index (χ0v) is 10.7. The topological polar surface area (TPSA) is 38.3 Å². The molecule has 1 N–H and O–H groups in total. The van der Waals surface area contributed by atoms with Crippen LogP contribution >= 0.6 is 0 Å². The average Bonchev–Trinajstić information content (AvgIpc) is 2.89. The van der Waals surface area contributed by atoms with Crippen molar-refractivity contribution in [2.75, 3.05) is 11.9 Å². The van der Waals surface area contributed by atoms with E-state index in [9.17, 15) is 18.0 Å². The highest BCUT2D eigenvalue weighted by atomic mass is 19.4. The molecule has 0 aliphatic carbocycles. The van der Waals surface area contributed by atoms with E-state index in [4.69, 9.17) is 4.74 Å². The number of amides is 1. The van der Waals surface area contributed by atoms with Crippen molar-refractivity contribution in [2.45, 2.75) is 37.5 Å². The number of benzene rings is 1. The summed E-state index contributed by atoms with van der Waals surface area (Å²) in [5.74, 6) is -0.668. The van der Waals surface area contributed by atoms with E-state index < -0.39 is 11.7 Å². The number of para-hydroxylation sites is 1. The van der Waals surface area contributed by atoms with Crippen LogP contribution < -0.4 is 5.32 Å². The molecule has 20 heavy (non-hydrogen) atoms. The fourth-order valence-electron chi connectivity index (χ4n) is 3.01. The summed E-state index contributed by atoms with van der Waals surface area (Å²) in [5.41, 5.74) is -0.353. The third-order valence-electron chi connectivity index (χ3n) is 3.88. The molecule has 1 amide bonds. The molecule has 0 spiro atoms. The molecule has 0 bridgehead atoms. The molecule has 3 nitrogen and oxygen atoms in total. The summed E-state index contributed by atoms with van der Waals surface area (Å²) in [6.07, 6.45) is -2.79. The van der Waals surface area contributed by atoms with E-state index in [1.807, 2.05) is 0 Å². The number of ether oxygens (including phenoxy) is 1. The molecule has 0 saturated carbocycles. The number of nitrogens with one attached hydrogen (secondary N) is 1. The van der Waals surface area contributed by atoms with Crippen molar-refractivity contribution < 1.29 is 22.7 Å². The Balaban J connectivity index is 2.06. The first-order chi connectivity index (χ1) is 9.47. The van der Waals surface area contributed by atoms with Crippen LogP contribution in [0.4, 0.5) is 18.9 Å². The minimum Gasteiger partial charge on any atom is -0.378 e. The summed E-state index contributed by atoms with van der Waals surface area (Å²) in [7, 11) is 0. The molecule has 0 aromatic heterocycles. The van der Waals surface area contributed by atoms with Crippen molar-refractivity contribution in [3.63, 3.8) is 0 Å². The van der Waals surface area contributed by atoms with Crippen molar-refractivity contribution in [1.82, 2.24) is 0 Å². The molecular weight excluding hydrogens is 271 g/mol. The molecule has 6 heteroatoms. The number of alkyl halides is 3. The van der Waals surface area contributed by atoms with E-state index in [0.29, 0.717) is 12.2 Å². The van der Waals surface area contributed by atoms with Crippen molar-refractivity contribution in [1.29, 1.82) is 0 Å². The van der Waals surface area contributed by atoms with E-state index in [-0.39, 0.29) is 30.0 Å². The Morgan fingerprint density at radius 1 is 1.30 bits per heavy atom. The number of fused-ring (bicyclic) bond motifs is 1. The Kier molecular flexibility index (Phi) is 3.20. The maximum absolute atomic E-state index is 13.0. The largest absolute Gasteiger partial charge is 0.418 e. The average molecular weight is 285 g/mol. The number of hydrogen-bond acceptors (Lipinski definition) is 2. The quantitative estimate of drug-likeness (QED) is 0.859. The molecule has 2 atom stereocenters. The van der Waals surface area contributed by atoms with Crippen molar-refractivity contribution in [2.24, 2.45) is 0 Å². The molecule has 1 aromatic rings. The second-order valence-electron chi connectivity index (χ2n) is 5.18. The SMILES string of the molecule is O=C1CC(C2CCCO2)c2cccc(C(F)(F)F)c2N1. The van der Waals surface area contributed by atoms with E-state index >= 15 is 0 Å². The molecule has 1 aromatic carbocycles. The summed E-state index contributed by atoms with van der Waals surface area (Å²) < 4.78 is 44.6. The summed E-state index contributed by atoms with van der Waals surface area (Å²) in [6.45, 7) is 0.608. The van der Waals surface area contributed by atoms with Gasteiger partial charge in [-0.05, 0) is 24.5 Å². The first-order valence-corrected chi connectivity index (χ1v) is 6.58. The second-order valence-corrected chi connectivity index (χ2v) is 5.18. The normalized spacial score (nSPS) is 26.2. The van der Waals surface area contributed by atoms with Crippen molar-refractivity contribution in [3.05, 3.63) is 29.3 Å². The van der Waals surface area contributed by atoms with Crippen LogP contribution in [0.2, 0.25) is 0 Å².